The van der Waals surface area contributed by atoms with Gasteiger partial charge in [0.15, 0.2) is 11.2 Å². The Morgan fingerprint density at radius 3 is 2.33 bits per heavy atom. The van der Waals surface area contributed by atoms with Crippen molar-refractivity contribution in [1.29, 1.82) is 0 Å². The minimum absolute atomic E-state index is 0.245. The Kier molecular flexibility index (Phi) is 8.08. The van der Waals surface area contributed by atoms with E-state index in [-0.39, 0.29) is 17.0 Å². The number of nitrogens with one attached hydrogen (secondary N) is 1. The lowest BCUT2D eigenvalue weighted by Gasteiger charge is -2.14. The standard InChI is InChI=1S/C18H23N5O2.C6H5ClO/c1-13(11-14-7-5-4-6-8-14)19-9-10-23-12-20-16-15(23)17(24)22(3)18(25)21(16)2;7-5-1-3-6(8)4-2-5/h4-8,12-13,19H,9-11H2,1-3H3;1-4,8H. The molecule has 174 valence electrons. The number of aromatic hydroxyl groups is 1. The molecule has 2 aromatic heterocycles. The first-order chi connectivity index (χ1) is 15.8. The first kappa shape index (κ1) is 24.3. The number of phenolic OH excluding ortho intramolecular Hbond substituents is 1. The fraction of sp³-hybridized carbons (Fsp3) is 0.292. The first-order valence-corrected chi connectivity index (χ1v) is 11.0. The molecule has 1 unspecified atom stereocenters. The monoisotopic (exact) mass is 469 g/mol. The summed E-state index contributed by atoms with van der Waals surface area (Å²) >= 11 is 5.50. The van der Waals surface area contributed by atoms with Gasteiger partial charge in [-0.1, -0.05) is 41.9 Å². The van der Waals surface area contributed by atoms with Crippen molar-refractivity contribution >= 4 is 22.8 Å². The van der Waals surface area contributed by atoms with Gasteiger partial charge in [-0.05, 0) is 43.2 Å². The Morgan fingerprint density at radius 1 is 1.03 bits per heavy atom. The summed E-state index contributed by atoms with van der Waals surface area (Å²) in [7, 11) is 3.11. The van der Waals surface area contributed by atoms with E-state index >= 15 is 0 Å². The van der Waals surface area contributed by atoms with Crippen molar-refractivity contribution in [2.24, 2.45) is 14.1 Å². The lowest BCUT2D eigenvalue weighted by Crippen LogP contribution is -2.38. The molecule has 2 N–H and O–H groups in total. The van der Waals surface area contributed by atoms with Crippen LogP contribution in [0.1, 0.15) is 12.5 Å². The van der Waals surface area contributed by atoms with Gasteiger partial charge in [-0.2, -0.15) is 0 Å². The van der Waals surface area contributed by atoms with Crippen LogP contribution in [0, 0.1) is 0 Å². The van der Waals surface area contributed by atoms with Crippen molar-refractivity contribution in [2.75, 3.05) is 6.54 Å². The van der Waals surface area contributed by atoms with Crippen LogP contribution in [0.2, 0.25) is 5.02 Å². The van der Waals surface area contributed by atoms with Gasteiger partial charge in [0.05, 0.1) is 6.33 Å². The normalized spacial score (nSPS) is 11.8. The number of benzene rings is 2. The van der Waals surface area contributed by atoms with E-state index in [4.69, 9.17) is 16.7 Å². The predicted molar refractivity (Wildman–Crippen MR) is 131 cm³/mol. The SMILES string of the molecule is CC(Cc1ccccc1)NCCn1cnc2c1c(=O)n(C)c(=O)n2C.Oc1ccc(Cl)cc1. The van der Waals surface area contributed by atoms with Crippen LogP contribution < -0.4 is 16.6 Å². The van der Waals surface area contributed by atoms with E-state index in [0.29, 0.717) is 35.3 Å². The Bertz CT molecular complexity index is 1290. The van der Waals surface area contributed by atoms with E-state index in [1.807, 2.05) is 18.2 Å². The van der Waals surface area contributed by atoms with Crippen LogP contribution >= 0.6 is 11.6 Å². The minimum atomic E-state index is -0.364. The molecule has 0 fully saturated rings. The van der Waals surface area contributed by atoms with Gasteiger partial charge in [-0.3, -0.25) is 13.9 Å². The number of aryl methyl sites for hydroxylation is 1. The quantitative estimate of drug-likeness (QED) is 0.453. The first-order valence-electron chi connectivity index (χ1n) is 10.6. The smallest absolute Gasteiger partial charge is 0.332 e. The van der Waals surface area contributed by atoms with Crippen molar-refractivity contribution in [2.45, 2.75) is 25.9 Å². The largest absolute Gasteiger partial charge is 0.508 e. The number of hydrogen-bond donors (Lipinski definition) is 2. The highest BCUT2D eigenvalue weighted by Gasteiger charge is 2.14. The zero-order valence-corrected chi connectivity index (χ0v) is 19.7. The summed E-state index contributed by atoms with van der Waals surface area (Å²) in [4.78, 5) is 28.6. The molecule has 0 saturated heterocycles. The molecule has 0 aliphatic rings. The van der Waals surface area contributed by atoms with E-state index in [1.165, 1.54) is 17.2 Å². The van der Waals surface area contributed by atoms with E-state index in [9.17, 15) is 9.59 Å². The van der Waals surface area contributed by atoms with Crippen molar-refractivity contribution in [3.63, 3.8) is 0 Å². The highest BCUT2D eigenvalue weighted by molar-refractivity contribution is 6.30. The second kappa shape index (κ2) is 11.0. The third-order valence-corrected chi connectivity index (χ3v) is 5.53. The second-order valence-corrected chi connectivity index (χ2v) is 8.27. The van der Waals surface area contributed by atoms with Crippen LogP contribution in [0.25, 0.3) is 11.2 Å². The van der Waals surface area contributed by atoms with E-state index in [0.717, 1.165) is 11.0 Å². The van der Waals surface area contributed by atoms with Gasteiger partial charge in [-0.25, -0.2) is 9.78 Å². The summed E-state index contributed by atoms with van der Waals surface area (Å²) in [6.07, 6.45) is 2.57. The van der Waals surface area contributed by atoms with Gasteiger partial charge in [0.1, 0.15) is 5.75 Å². The number of fused-ring (bicyclic) bond motifs is 1. The molecule has 0 aliphatic carbocycles. The van der Waals surface area contributed by atoms with Crippen LogP contribution in [0.4, 0.5) is 0 Å². The average Bonchev–Trinajstić information content (AvgIpc) is 3.23. The highest BCUT2D eigenvalue weighted by Crippen LogP contribution is 2.12. The zero-order valence-electron chi connectivity index (χ0n) is 18.9. The molecule has 33 heavy (non-hydrogen) atoms. The van der Waals surface area contributed by atoms with Gasteiger partial charge in [0.2, 0.25) is 0 Å². The van der Waals surface area contributed by atoms with Crippen molar-refractivity contribution in [1.82, 2.24) is 24.0 Å². The van der Waals surface area contributed by atoms with Gasteiger partial charge in [-0.15, -0.1) is 0 Å². The number of aromatic nitrogens is 4. The third-order valence-electron chi connectivity index (χ3n) is 5.27. The number of phenols is 1. The van der Waals surface area contributed by atoms with Crippen molar-refractivity contribution in [3.8, 4) is 5.75 Å². The molecular formula is C24H28ClN5O3. The molecule has 0 amide bonds. The Morgan fingerprint density at radius 2 is 1.70 bits per heavy atom. The summed E-state index contributed by atoms with van der Waals surface area (Å²) in [5, 5.41) is 12.8. The van der Waals surface area contributed by atoms with Gasteiger partial charge in [0, 0.05) is 38.2 Å². The minimum Gasteiger partial charge on any atom is -0.508 e. The van der Waals surface area contributed by atoms with Gasteiger partial charge >= 0.3 is 5.69 Å². The third kappa shape index (κ3) is 6.12. The van der Waals surface area contributed by atoms with Crippen LogP contribution in [0.15, 0.2) is 70.5 Å². The zero-order chi connectivity index (χ0) is 24.0. The summed E-state index contributed by atoms with van der Waals surface area (Å²) in [5.41, 5.74) is 1.50. The van der Waals surface area contributed by atoms with E-state index in [1.54, 1.807) is 42.2 Å². The van der Waals surface area contributed by atoms with Crippen molar-refractivity contribution < 1.29 is 5.11 Å². The lowest BCUT2D eigenvalue weighted by atomic mass is 10.1. The Labute approximate surface area is 196 Å². The van der Waals surface area contributed by atoms with Crippen LogP contribution in [0.5, 0.6) is 5.75 Å². The molecule has 0 spiro atoms. The molecule has 0 radical (unpaired) electrons. The van der Waals surface area contributed by atoms with Crippen molar-refractivity contribution in [3.05, 3.63) is 92.3 Å². The Hall–Kier alpha value is -3.36. The molecule has 4 aromatic rings. The molecule has 2 aromatic carbocycles. The Balaban J connectivity index is 0.000000323. The van der Waals surface area contributed by atoms with Crippen LogP contribution in [0.3, 0.4) is 0 Å². The maximum absolute atomic E-state index is 12.4. The molecular weight excluding hydrogens is 442 g/mol. The molecule has 2 heterocycles. The summed E-state index contributed by atoms with van der Waals surface area (Å²) in [6, 6.07) is 17.0. The predicted octanol–water partition coefficient (Wildman–Crippen LogP) is 2.70. The molecule has 9 heteroatoms. The fourth-order valence-corrected chi connectivity index (χ4v) is 3.60. The van der Waals surface area contributed by atoms with Gasteiger partial charge in [0.25, 0.3) is 5.56 Å². The van der Waals surface area contributed by atoms with Gasteiger partial charge < -0.3 is 15.0 Å². The van der Waals surface area contributed by atoms with E-state index < -0.39 is 0 Å². The maximum atomic E-state index is 12.4. The number of nitrogens with zero attached hydrogens (tertiary/aromatic N) is 4. The topological polar surface area (TPSA) is 94.1 Å². The maximum Gasteiger partial charge on any atom is 0.332 e. The molecule has 0 bridgehead atoms. The fourth-order valence-electron chi connectivity index (χ4n) is 3.48. The molecule has 4 rings (SSSR count). The number of hydrogen-bond acceptors (Lipinski definition) is 5. The highest BCUT2D eigenvalue weighted by atomic mass is 35.5. The average molecular weight is 470 g/mol. The number of rotatable bonds is 6. The van der Waals surface area contributed by atoms with E-state index in [2.05, 4.69) is 29.4 Å². The molecule has 1 atom stereocenters. The van der Waals surface area contributed by atoms with Crippen LogP contribution in [-0.2, 0) is 27.1 Å². The van der Waals surface area contributed by atoms with Crippen LogP contribution in [-0.4, -0.2) is 36.4 Å². The molecule has 0 saturated carbocycles. The lowest BCUT2D eigenvalue weighted by molar-refractivity contribution is 0.475. The number of halogens is 1. The molecule has 0 aliphatic heterocycles. The summed E-state index contributed by atoms with van der Waals surface area (Å²) < 4.78 is 4.32. The number of imidazole rings is 1. The summed E-state index contributed by atoms with van der Waals surface area (Å²) in [5.74, 6) is 0.245. The summed E-state index contributed by atoms with van der Waals surface area (Å²) in [6.45, 7) is 3.47. The second-order valence-electron chi connectivity index (χ2n) is 7.84. The molecule has 8 nitrogen and oxygen atoms in total.